The molecule has 0 bridgehead atoms. The molecule has 1 aliphatic heterocycles. The fourth-order valence-corrected chi connectivity index (χ4v) is 2.73. The molecule has 1 unspecified atom stereocenters. The minimum Gasteiger partial charge on any atom is -0.454 e. The van der Waals surface area contributed by atoms with E-state index in [1.165, 1.54) is 5.56 Å². The van der Waals surface area contributed by atoms with Gasteiger partial charge in [0.15, 0.2) is 11.5 Å². The van der Waals surface area contributed by atoms with Gasteiger partial charge in [0.2, 0.25) is 6.79 Å². The molecule has 0 saturated heterocycles. The van der Waals surface area contributed by atoms with Gasteiger partial charge in [-0.3, -0.25) is 0 Å². The molecule has 3 nitrogen and oxygen atoms in total. The minimum atomic E-state index is 0.332. The van der Waals surface area contributed by atoms with Crippen LogP contribution in [0, 0.1) is 5.41 Å². The molecule has 2 rings (SSSR count). The standard InChI is InChI=1S/C17H27NO2/c1-6-18(11-17(3,4)5)13(2)9-14-7-8-15-16(10-14)20-12-19-15/h7-8,10,13H,6,9,11-12H2,1-5H3. The third kappa shape index (κ3) is 3.89. The smallest absolute Gasteiger partial charge is 0.231 e. The normalized spacial score (nSPS) is 15.7. The second kappa shape index (κ2) is 6.04. The maximum atomic E-state index is 5.45. The summed E-state index contributed by atoms with van der Waals surface area (Å²) in [5, 5.41) is 0. The van der Waals surface area contributed by atoms with Crippen molar-refractivity contribution in [3.8, 4) is 11.5 Å². The number of benzene rings is 1. The van der Waals surface area contributed by atoms with Crippen molar-refractivity contribution in [1.82, 2.24) is 4.90 Å². The lowest BCUT2D eigenvalue weighted by molar-refractivity contribution is 0.153. The number of nitrogens with zero attached hydrogens (tertiary/aromatic N) is 1. The van der Waals surface area contributed by atoms with E-state index in [4.69, 9.17) is 9.47 Å². The van der Waals surface area contributed by atoms with Crippen LogP contribution in [0.2, 0.25) is 0 Å². The Balaban J connectivity index is 2.01. The van der Waals surface area contributed by atoms with Gasteiger partial charge in [-0.25, -0.2) is 0 Å². The molecule has 1 aliphatic rings. The number of fused-ring (bicyclic) bond motifs is 1. The van der Waals surface area contributed by atoms with E-state index in [-0.39, 0.29) is 0 Å². The third-order valence-corrected chi connectivity index (χ3v) is 3.68. The van der Waals surface area contributed by atoms with Crippen LogP contribution in [0.5, 0.6) is 11.5 Å². The first-order valence-electron chi connectivity index (χ1n) is 7.51. The van der Waals surface area contributed by atoms with Crippen LogP contribution in [0.1, 0.15) is 40.2 Å². The maximum absolute atomic E-state index is 5.45. The molecule has 1 atom stereocenters. The Morgan fingerprint density at radius 2 is 1.90 bits per heavy atom. The van der Waals surface area contributed by atoms with Gasteiger partial charge in [0, 0.05) is 12.6 Å². The van der Waals surface area contributed by atoms with Crippen LogP contribution in [0.3, 0.4) is 0 Å². The predicted molar refractivity (Wildman–Crippen MR) is 82.4 cm³/mol. The van der Waals surface area contributed by atoms with Gasteiger partial charge in [-0.05, 0) is 43.0 Å². The fraction of sp³-hybridized carbons (Fsp3) is 0.647. The Bertz CT molecular complexity index is 451. The van der Waals surface area contributed by atoms with E-state index < -0.39 is 0 Å². The molecule has 0 aliphatic carbocycles. The monoisotopic (exact) mass is 277 g/mol. The SMILES string of the molecule is CCN(CC(C)(C)C)C(C)Cc1ccc2c(c1)OCO2. The van der Waals surface area contributed by atoms with Gasteiger partial charge in [-0.1, -0.05) is 33.8 Å². The summed E-state index contributed by atoms with van der Waals surface area (Å²) in [5.41, 5.74) is 1.65. The van der Waals surface area contributed by atoms with Gasteiger partial charge in [0.05, 0.1) is 0 Å². The highest BCUT2D eigenvalue weighted by Gasteiger charge is 2.21. The van der Waals surface area contributed by atoms with Crippen LogP contribution in [-0.2, 0) is 6.42 Å². The highest BCUT2D eigenvalue weighted by molar-refractivity contribution is 5.44. The van der Waals surface area contributed by atoms with Crippen molar-refractivity contribution in [3.63, 3.8) is 0 Å². The second-order valence-electron chi connectivity index (χ2n) is 6.86. The van der Waals surface area contributed by atoms with Crippen LogP contribution in [-0.4, -0.2) is 30.8 Å². The van der Waals surface area contributed by atoms with Crippen LogP contribution in [0.25, 0.3) is 0 Å². The van der Waals surface area contributed by atoms with E-state index in [0.717, 1.165) is 31.0 Å². The molecule has 0 N–H and O–H groups in total. The van der Waals surface area contributed by atoms with Gasteiger partial charge in [0.1, 0.15) is 0 Å². The van der Waals surface area contributed by atoms with Crippen molar-refractivity contribution in [2.45, 2.75) is 47.1 Å². The molecule has 112 valence electrons. The van der Waals surface area contributed by atoms with Gasteiger partial charge in [0.25, 0.3) is 0 Å². The lowest BCUT2D eigenvalue weighted by Gasteiger charge is -2.34. The number of likely N-dealkylation sites (N-methyl/N-ethyl adjacent to an activating group) is 1. The lowest BCUT2D eigenvalue weighted by atomic mass is 9.94. The van der Waals surface area contributed by atoms with E-state index >= 15 is 0 Å². The summed E-state index contributed by atoms with van der Waals surface area (Å²) in [6, 6.07) is 6.81. The van der Waals surface area contributed by atoms with Crippen molar-refractivity contribution >= 4 is 0 Å². The molecule has 0 aromatic heterocycles. The van der Waals surface area contributed by atoms with Crippen molar-refractivity contribution < 1.29 is 9.47 Å². The van der Waals surface area contributed by atoms with E-state index in [1.54, 1.807) is 0 Å². The summed E-state index contributed by atoms with van der Waals surface area (Å²) < 4.78 is 10.8. The van der Waals surface area contributed by atoms with Gasteiger partial charge in [-0.2, -0.15) is 0 Å². The predicted octanol–water partition coefficient (Wildman–Crippen LogP) is 3.71. The molecule has 3 heteroatoms. The van der Waals surface area contributed by atoms with Gasteiger partial charge < -0.3 is 14.4 Å². The zero-order chi connectivity index (χ0) is 14.8. The molecule has 1 aromatic rings. The quantitative estimate of drug-likeness (QED) is 0.819. The Kier molecular flexibility index (Phi) is 4.59. The van der Waals surface area contributed by atoms with Crippen molar-refractivity contribution in [3.05, 3.63) is 23.8 Å². The van der Waals surface area contributed by atoms with Crippen LogP contribution in [0.15, 0.2) is 18.2 Å². The zero-order valence-corrected chi connectivity index (χ0v) is 13.4. The van der Waals surface area contributed by atoms with Crippen molar-refractivity contribution in [2.75, 3.05) is 19.9 Å². The minimum absolute atomic E-state index is 0.332. The molecule has 0 amide bonds. The summed E-state index contributed by atoms with van der Waals surface area (Å²) in [7, 11) is 0. The van der Waals surface area contributed by atoms with E-state index in [2.05, 4.69) is 51.7 Å². The topological polar surface area (TPSA) is 21.7 Å². The maximum Gasteiger partial charge on any atom is 0.231 e. The van der Waals surface area contributed by atoms with Crippen LogP contribution >= 0.6 is 0 Å². The molecule has 0 spiro atoms. The van der Waals surface area contributed by atoms with E-state index in [1.807, 2.05) is 6.07 Å². The number of ether oxygens (including phenoxy) is 2. The molecule has 20 heavy (non-hydrogen) atoms. The Morgan fingerprint density at radius 1 is 1.20 bits per heavy atom. The first-order chi connectivity index (χ1) is 9.39. The van der Waals surface area contributed by atoms with E-state index in [9.17, 15) is 0 Å². The van der Waals surface area contributed by atoms with Crippen LogP contribution in [0.4, 0.5) is 0 Å². The number of hydrogen-bond acceptors (Lipinski definition) is 3. The number of hydrogen-bond donors (Lipinski definition) is 0. The summed E-state index contributed by atoms with van der Waals surface area (Å²) >= 11 is 0. The highest BCUT2D eigenvalue weighted by Crippen LogP contribution is 2.33. The third-order valence-electron chi connectivity index (χ3n) is 3.68. The molecule has 1 aromatic carbocycles. The Morgan fingerprint density at radius 3 is 2.55 bits per heavy atom. The summed E-state index contributed by atoms with van der Waals surface area (Å²) in [6.07, 6.45) is 1.04. The number of rotatable bonds is 5. The largest absolute Gasteiger partial charge is 0.454 e. The summed E-state index contributed by atoms with van der Waals surface area (Å²) in [6.45, 7) is 14.0. The van der Waals surface area contributed by atoms with Crippen LogP contribution < -0.4 is 9.47 Å². The van der Waals surface area contributed by atoms with Crippen molar-refractivity contribution in [1.29, 1.82) is 0 Å². The van der Waals surface area contributed by atoms with Gasteiger partial charge >= 0.3 is 0 Å². The molecular formula is C17H27NO2. The summed E-state index contributed by atoms with van der Waals surface area (Å²) in [4.78, 5) is 2.55. The highest BCUT2D eigenvalue weighted by atomic mass is 16.7. The lowest BCUT2D eigenvalue weighted by Crippen LogP contribution is -2.40. The molecule has 1 heterocycles. The second-order valence-corrected chi connectivity index (χ2v) is 6.86. The average Bonchev–Trinajstić information content (AvgIpc) is 2.82. The molecule has 0 radical (unpaired) electrons. The average molecular weight is 277 g/mol. The van der Waals surface area contributed by atoms with E-state index in [0.29, 0.717) is 18.2 Å². The molecular weight excluding hydrogens is 250 g/mol. The zero-order valence-electron chi connectivity index (χ0n) is 13.4. The molecule has 0 saturated carbocycles. The fourth-order valence-electron chi connectivity index (χ4n) is 2.73. The van der Waals surface area contributed by atoms with Gasteiger partial charge in [-0.15, -0.1) is 0 Å². The first kappa shape index (κ1) is 15.2. The first-order valence-corrected chi connectivity index (χ1v) is 7.51. The van der Waals surface area contributed by atoms with Crippen molar-refractivity contribution in [2.24, 2.45) is 5.41 Å². The summed E-state index contributed by atoms with van der Waals surface area (Å²) in [5.74, 6) is 1.75. The Hall–Kier alpha value is -1.22. The molecule has 0 fully saturated rings. The Labute approximate surface area is 122 Å².